The number of hydrogen-bond acceptors (Lipinski definition) is 12. The normalized spacial score (nSPS) is 13.4. The van der Waals surface area contributed by atoms with Crippen LogP contribution in [-0.4, -0.2) is 103 Å². The third-order valence-electron chi connectivity index (χ3n) is 13.0. The summed E-state index contributed by atoms with van der Waals surface area (Å²) in [6, 6.07) is 16.2. The minimum atomic E-state index is -5.34. The highest BCUT2D eigenvalue weighted by Gasteiger charge is 2.47. The molecule has 0 spiro atoms. The van der Waals surface area contributed by atoms with Gasteiger partial charge in [0, 0.05) is 39.3 Å². The van der Waals surface area contributed by atoms with E-state index in [1.165, 1.54) is 14.0 Å². The molecule has 0 aliphatic carbocycles. The number of nitrogens with zero attached hydrogens (tertiary/aromatic N) is 9. The topological polar surface area (TPSA) is 256 Å². The lowest BCUT2D eigenvalue weighted by molar-refractivity contribution is -0.0453. The van der Waals surface area contributed by atoms with Gasteiger partial charge in [-0.25, -0.2) is 54.4 Å². The maximum absolute atomic E-state index is 12.8. The maximum atomic E-state index is 12.8. The Morgan fingerprint density at radius 2 is 0.734 bits per heavy atom. The molecule has 0 saturated heterocycles. The van der Waals surface area contributed by atoms with Crippen molar-refractivity contribution in [2.24, 2.45) is 5.41 Å². The van der Waals surface area contributed by atoms with Crippen LogP contribution >= 0.6 is 0 Å². The summed E-state index contributed by atoms with van der Waals surface area (Å²) in [6.45, 7) is 8.96. The van der Waals surface area contributed by atoms with Crippen LogP contribution in [0.2, 0.25) is 0 Å². The summed E-state index contributed by atoms with van der Waals surface area (Å²) in [5, 5.41) is 0. The Kier molecular flexibility index (Phi) is 17.0. The number of unbranched alkanes of at least 4 members (excludes halogenated alkanes) is 3. The van der Waals surface area contributed by atoms with E-state index in [0.717, 1.165) is 0 Å². The highest BCUT2D eigenvalue weighted by molar-refractivity contribution is 7.90. The summed E-state index contributed by atoms with van der Waals surface area (Å²) in [5.41, 5.74) is -9.48. The van der Waals surface area contributed by atoms with E-state index >= 15 is 0 Å². The van der Waals surface area contributed by atoms with Crippen molar-refractivity contribution in [3.05, 3.63) is 103 Å². The lowest BCUT2D eigenvalue weighted by Crippen LogP contribution is -2.38. The summed E-state index contributed by atoms with van der Waals surface area (Å²) in [5.74, 6) is 0. The van der Waals surface area contributed by atoms with Gasteiger partial charge in [0.05, 0.1) is 17.1 Å². The first-order valence-electron chi connectivity index (χ1n) is 24.2. The number of alkyl halides is 9. The SMILES string of the molecule is Cc1nc2cccc3n(CCC(C)(C)CCNS(=O)(=O)C(F)(F)F)c(=O)c1n23.Cc1nc2cccc3n(CCCCCNS(=O)(=O)C(F)(F)F)c(=O)c1n23.Cc1nc2cccc3n(CCCCNS(=O)(=O)C(F)(F)F)c(=O)c1n23. The monoisotopic (exact) mass is 1180 g/mol. The van der Waals surface area contributed by atoms with Crippen molar-refractivity contribution >= 4 is 80.5 Å². The van der Waals surface area contributed by atoms with Crippen molar-refractivity contribution < 1.29 is 64.8 Å². The average molecular weight is 1190 g/mol. The molecule has 0 atom stereocenters. The largest absolute Gasteiger partial charge is 0.511 e. The molecule has 21 nitrogen and oxygen atoms in total. The van der Waals surface area contributed by atoms with Crippen LogP contribution in [0.4, 0.5) is 39.5 Å². The third kappa shape index (κ3) is 12.3. The van der Waals surface area contributed by atoms with Gasteiger partial charge < -0.3 is 0 Å². The van der Waals surface area contributed by atoms with Crippen LogP contribution in [0.1, 0.15) is 75.9 Å². The third-order valence-corrected chi connectivity index (χ3v) is 16.6. The van der Waals surface area contributed by atoms with E-state index < -0.39 is 52.0 Å². The molecule has 9 rings (SSSR count). The first-order chi connectivity index (χ1) is 36.6. The number of nitrogens with one attached hydrogen (secondary N) is 3. The minimum absolute atomic E-state index is 0.158. The molecular formula is C46H53F9N12O9S3. The Morgan fingerprint density at radius 1 is 0.430 bits per heavy atom. The molecule has 432 valence electrons. The van der Waals surface area contributed by atoms with Crippen LogP contribution in [0.25, 0.3) is 50.4 Å². The molecule has 0 aliphatic heterocycles. The Hall–Kier alpha value is -6.42. The fraction of sp³-hybridized carbons (Fsp3) is 0.478. The molecule has 0 amide bonds. The van der Waals surface area contributed by atoms with E-state index in [9.17, 15) is 79.2 Å². The second kappa shape index (κ2) is 22.3. The summed E-state index contributed by atoms with van der Waals surface area (Å²) >= 11 is 0. The number of aromatic nitrogens is 9. The minimum Gasteiger partial charge on any atom is -0.292 e. The predicted octanol–water partition coefficient (Wildman–Crippen LogP) is 6.26. The summed E-state index contributed by atoms with van der Waals surface area (Å²) in [7, 11) is -16.0. The van der Waals surface area contributed by atoms with Gasteiger partial charge in [-0.3, -0.25) is 41.3 Å². The van der Waals surface area contributed by atoms with Gasteiger partial charge in [-0.1, -0.05) is 38.5 Å². The molecule has 3 N–H and O–H groups in total. The standard InChI is InChI=1S/C17H21F3N4O3S.C15H17F3N4O3S.C14H15F3N4O3S/c1-11-14-15(25)23(13-6-4-5-12(22-11)24(13)14)10-8-16(2,3)7-9-21-28(26,27)17(18,19)20;1-10-13-14(23)21(12-7-5-6-11(20-10)22(12)13)9-4-2-3-8-19-26(24,25)15(16,17)18;1-9-12-13(22)20(11-6-4-5-10(19-9)21(11)12)8-3-2-7-18-25(23,24)14(15,16)17/h4-6,21H,7-10H2,1-3H3;5-7,19H,2-4,8-9H2,1H3;4-6,18H,2-3,7-8H2,1H3. The van der Waals surface area contributed by atoms with E-state index in [1.54, 1.807) is 78.2 Å². The lowest BCUT2D eigenvalue weighted by atomic mass is 9.86. The Labute approximate surface area is 443 Å². The van der Waals surface area contributed by atoms with Gasteiger partial charge in [0.2, 0.25) is 0 Å². The smallest absolute Gasteiger partial charge is 0.292 e. The molecule has 0 unspecified atom stereocenters. The number of hydrogen-bond donors (Lipinski definition) is 3. The first-order valence-corrected chi connectivity index (χ1v) is 28.6. The van der Waals surface area contributed by atoms with Gasteiger partial charge in [-0.2, -0.15) is 39.5 Å². The molecule has 0 aromatic carbocycles. The molecule has 79 heavy (non-hydrogen) atoms. The van der Waals surface area contributed by atoms with Crippen LogP contribution in [0.15, 0.2) is 69.0 Å². The molecule has 0 bridgehead atoms. The van der Waals surface area contributed by atoms with Crippen LogP contribution < -0.4 is 30.8 Å². The Morgan fingerprint density at radius 3 is 1.08 bits per heavy atom. The van der Waals surface area contributed by atoms with Crippen molar-refractivity contribution in [2.45, 2.75) is 116 Å². The van der Waals surface area contributed by atoms with Gasteiger partial charge in [0.1, 0.15) is 50.4 Å². The average Bonchev–Trinajstić information content (AvgIpc) is 4.37. The second-order valence-electron chi connectivity index (χ2n) is 19.2. The zero-order chi connectivity index (χ0) is 58.4. The number of aryl methyl sites for hydroxylation is 6. The van der Waals surface area contributed by atoms with Crippen LogP contribution in [0, 0.1) is 26.2 Å². The van der Waals surface area contributed by atoms with Crippen molar-refractivity contribution in [1.82, 2.24) is 56.0 Å². The zero-order valence-electron chi connectivity index (χ0n) is 42.7. The molecule has 0 radical (unpaired) electrons. The molecular weight excluding hydrogens is 1130 g/mol. The van der Waals surface area contributed by atoms with Crippen molar-refractivity contribution in [1.29, 1.82) is 0 Å². The number of rotatable bonds is 20. The zero-order valence-corrected chi connectivity index (χ0v) is 45.2. The van der Waals surface area contributed by atoms with Crippen molar-refractivity contribution in [3.63, 3.8) is 0 Å². The number of pyridine rings is 3. The fourth-order valence-electron chi connectivity index (χ4n) is 8.98. The van der Waals surface area contributed by atoms with E-state index in [2.05, 4.69) is 15.0 Å². The summed E-state index contributed by atoms with van der Waals surface area (Å²) in [4.78, 5) is 50.9. The van der Waals surface area contributed by atoms with E-state index in [0.29, 0.717) is 106 Å². The number of halogens is 9. The van der Waals surface area contributed by atoms with Gasteiger partial charge in [0.15, 0.2) is 0 Å². The van der Waals surface area contributed by atoms with Gasteiger partial charge in [-0.05, 0) is 101 Å². The van der Waals surface area contributed by atoms with Gasteiger partial charge in [-0.15, -0.1) is 0 Å². The highest BCUT2D eigenvalue weighted by Crippen LogP contribution is 2.29. The quantitative estimate of drug-likeness (QED) is 0.0565. The van der Waals surface area contributed by atoms with Crippen LogP contribution in [0.3, 0.4) is 0 Å². The van der Waals surface area contributed by atoms with E-state index in [-0.39, 0.29) is 62.1 Å². The van der Waals surface area contributed by atoms with Gasteiger partial charge in [0.25, 0.3) is 16.7 Å². The molecule has 0 saturated carbocycles. The molecule has 9 heterocycles. The maximum Gasteiger partial charge on any atom is 0.511 e. The Balaban J connectivity index is 0.000000172. The van der Waals surface area contributed by atoms with E-state index in [1.807, 2.05) is 38.1 Å². The highest BCUT2D eigenvalue weighted by atomic mass is 32.2. The lowest BCUT2D eigenvalue weighted by Gasteiger charge is -2.25. The van der Waals surface area contributed by atoms with E-state index in [4.69, 9.17) is 0 Å². The summed E-state index contributed by atoms with van der Waals surface area (Å²) in [6.07, 6.45) is 2.45. The Bertz CT molecular complexity index is 4160. The van der Waals surface area contributed by atoms with Crippen LogP contribution in [-0.2, 0) is 49.7 Å². The number of sulfonamides is 3. The van der Waals surface area contributed by atoms with Crippen molar-refractivity contribution in [2.75, 3.05) is 19.6 Å². The molecule has 33 heteroatoms. The predicted molar refractivity (Wildman–Crippen MR) is 274 cm³/mol. The molecule has 0 aliphatic rings. The summed E-state index contributed by atoms with van der Waals surface area (Å²) < 4.78 is 191. The van der Waals surface area contributed by atoms with Crippen LogP contribution in [0.5, 0.6) is 0 Å². The first kappa shape index (κ1) is 60.2. The second-order valence-corrected chi connectivity index (χ2v) is 24.5. The number of imidazole rings is 6. The molecule has 9 aromatic heterocycles. The van der Waals surface area contributed by atoms with Crippen molar-refractivity contribution in [3.8, 4) is 0 Å². The molecule has 9 aromatic rings. The molecule has 0 fully saturated rings. The van der Waals surface area contributed by atoms with Gasteiger partial charge >= 0.3 is 46.6 Å². The fourth-order valence-corrected chi connectivity index (χ4v) is 10.7.